The van der Waals surface area contributed by atoms with Crippen LogP contribution in [0.5, 0.6) is 0 Å². The normalized spacial score (nSPS) is 11.6. The third-order valence-electron chi connectivity index (χ3n) is 13.5. The van der Waals surface area contributed by atoms with Gasteiger partial charge in [0.05, 0.1) is 11.1 Å². The van der Waals surface area contributed by atoms with Gasteiger partial charge in [-0.15, -0.1) is 0 Å². The second kappa shape index (κ2) is 20.1. The number of alkyl halides is 6. The Kier molecular flexibility index (Phi) is 13.3. The van der Waals surface area contributed by atoms with Gasteiger partial charge in [0.2, 0.25) is 0 Å². The average Bonchev–Trinajstić information content (AvgIpc) is 3.40. The highest BCUT2D eigenvalue weighted by molar-refractivity contribution is 5.86. The van der Waals surface area contributed by atoms with Gasteiger partial charge in [0.25, 0.3) is 0 Å². The van der Waals surface area contributed by atoms with Gasteiger partial charge >= 0.3 is 12.4 Å². The highest BCUT2D eigenvalue weighted by atomic mass is 19.4. The summed E-state index contributed by atoms with van der Waals surface area (Å²) in [6, 6.07) is 69.2. The molecule has 0 aromatic heterocycles. The Morgan fingerprint density at radius 1 is 0.230 bits per heavy atom. The molecule has 0 radical (unpaired) electrons. The highest BCUT2D eigenvalue weighted by Crippen LogP contribution is 2.48. The minimum absolute atomic E-state index is 0.117. The summed E-state index contributed by atoms with van der Waals surface area (Å²) in [5, 5.41) is 0. The van der Waals surface area contributed by atoms with Crippen LogP contribution in [0.1, 0.15) is 33.4 Å². The average molecular weight is 985 g/mol. The summed E-state index contributed by atoms with van der Waals surface area (Å²) in [7, 11) is 0. The lowest BCUT2D eigenvalue weighted by Crippen LogP contribution is -2.16. The SMILES string of the molecule is Cc1ccc(-c2ccc(N(c3ccc(-c4ccc(C)cc4)cc3)c3ccc(-c4ccc(N(c5ccc(-c6ccc(C)cc6)cc5)c5ccc(-c6ccc(C)cc6)cc5)cc4C(F)(F)F)c(C(F)(F)F)c3)cc2)cc1. The van der Waals surface area contributed by atoms with E-state index in [0.717, 1.165) is 91.0 Å². The number of halogens is 6. The summed E-state index contributed by atoms with van der Waals surface area (Å²) in [5.74, 6) is 0. The van der Waals surface area contributed by atoms with Gasteiger partial charge in [-0.05, 0) is 156 Å². The summed E-state index contributed by atoms with van der Waals surface area (Å²) < 4.78 is 93.8. The third-order valence-corrected chi connectivity index (χ3v) is 13.5. The van der Waals surface area contributed by atoms with Crippen LogP contribution in [0.25, 0.3) is 55.6 Å². The number of hydrogen-bond donors (Lipinski definition) is 0. The van der Waals surface area contributed by atoms with Crippen LogP contribution >= 0.6 is 0 Å². The first-order valence-corrected chi connectivity index (χ1v) is 24.3. The van der Waals surface area contributed by atoms with Gasteiger partial charge in [0.1, 0.15) is 0 Å². The van der Waals surface area contributed by atoms with E-state index in [0.29, 0.717) is 22.7 Å². The Morgan fingerprint density at radius 2 is 0.405 bits per heavy atom. The molecule has 10 aromatic carbocycles. The van der Waals surface area contributed by atoms with Crippen molar-refractivity contribution in [2.75, 3.05) is 9.80 Å². The van der Waals surface area contributed by atoms with E-state index in [-0.39, 0.29) is 11.4 Å². The first kappa shape index (κ1) is 49.0. The summed E-state index contributed by atoms with van der Waals surface area (Å²) in [5.41, 5.74) is 10.8. The van der Waals surface area contributed by atoms with Crippen molar-refractivity contribution in [2.24, 2.45) is 0 Å². The van der Waals surface area contributed by atoms with E-state index >= 15 is 26.3 Å². The standard InChI is InChI=1S/C66H50F6N2/c1-43-5-13-47(14-6-43)51-21-29-55(30-22-51)73(56-31-23-52(24-32-56)48-15-7-44(2)8-16-48)59-37-39-61(63(41-59)65(67,68)69)62-40-38-60(42-64(62)66(70,71)72)74(57-33-25-53(26-34-57)49-17-9-45(3)10-18-49)58-35-27-54(28-36-58)50-19-11-46(4)12-20-50/h5-42H,1-4H3. The number of aryl methyl sites for hydroxylation is 4. The first-order valence-electron chi connectivity index (χ1n) is 24.3. The highest BCUT2D eigenvalue weighted by Gasteiger charge is 2.39. The van der Waals surface area contributed by atoms with Crippen LogP contribution in [-0.2, 0) is 12.4 Å². The molecule has 74 heavy (non-hydrogen) atoms. The van der Waals surface area contributed by atoms with Crippen LogP contribution < -0.4 is 9.80 Å². The first-order chi connectivity index (χ1) is 35.6. The topological polar surface area (TPSA) is 6.48 Å². The minimum atomic E-state index is -5.05. The number of nitrogens with zero attached hydrogens (tertiary/aromatic N) is 2. The van der Waals surface area contributed by atoms with Crippen molar-refractivity contribution >= 4 is 34.1 Å². The summed E-state index contributed by atoms with van der Waals surface area (Å²) in [6.07, 6.45) is -10.1. The molecule has 10 aromatic rings. The molecule has 0 heterocycles. The van der Waals surface area contributed by atoms with E-state index < -0.39 is 34.6 Å². The van der Waals surface area contributed by atoms with Gasteiger partial charge in [-0.3, -0.25) is 0 Å². The second-order valence-electron chi connectivity index (χ2n) is 18.8. The van der Waals surface area contributed by atoms with Gasteiger partial charge < -0.3 is 9.80 Å². The van der Waals surface area contributed by atoms with Crippen LogP contribution in [0.3, 0.4) is 0 Å². The maximum Gasteiger partial charge on any atom is 0.417 e. The molecular weight excluding hydrogens is 935 g/mol. The number of rotatable bonds is 11. The fourth-order valence-electron chi connectivity index (χ4n) is 9.37. The van der Waals surface area contributed by atoms with E-state index in [2.05, 4.69) is 0 Å². The molecule has 0 fully saturated rings. The van der Waals surface area contributed by atoms with E-state index in [4.69, 9.17) is 0 Å². The predicted molar refractivity (Wildman–Crippen MR) is 292 cm³/mol. The van der Waals surface area contributed by atoms with Crippen LogP contribution in [0, 0.1) is 27.7 Å². The number of hydrogen-bond acceptors (Lipinski definition) is 2. The molecule has 366 valence electrons. The van der Waals surface area contributed by atoms with Crippen LogP contribution in [0.2, 0.25) is 0 Å². The lowest BCUT2D eigenvalue weighted by molar-refractivity contribution is -0.139. The van der Waals surface area contributed by atoms with Crippen molar-refractivity contribution in [3.05, 3.63) is 264 Å². The van der Waals surface area contributed by atoms with Crippen LogP contribution in [0.4, 0.5) is 60.5 Å². The van der Waals surface area contributed by atoms with Gasteiger partial charge in [-0.2, -0.15) is 26.3 Å². The summed E-state index contributed by atoms with van der Waals surface area (Å²) in [6.45, 7) is 8.01. The molecule has 0 atom stereocenters. The number of anilines is 6. The minimum Gasteiger partial charge on any atom is -0.310 e. The molecular formula is C66H50F6N2. The molecule has 8 heteroatoms. The Morgan fingerprint density at radius 3 is 0.595 bits per heavy atom. The Hall–Kier alpha value is -8.62. The monoisotopic (exact) mass is 984 g/mol. The molecule has 0 unspecified atom stereocenters. The van der Waals surface area contributed by atoms with Crippen molar-refractivity contribution in [3.8, 4) is 55.6 Å². The molecule has 0 saturated carbocycles. The Bertz CT molecular complexity index is 3130. The van der Waals surface area contributed by atoms with E-state index in [9.17, 15) is 0 Å². The third kappa shape index (κ3) is 10.5. The molecule has 2 nitrogen and oxygen atoms in total. The van der Waals surface area contributed by atoms with Crippen molar-refractivity contribution in [1.82, 2.24) is 0 Å². The van der Waals surface area contributed by atoms with Crippen molar-refractivity contribution in [1.29, 1.82) is 0 Å². The molecule has 0 bridgehead atoms. The predicted octanol–water partition coefficient (Wildman–Crippen LogP) is 20.2. The van der Waals surface area contributed by atoms with Crippen LogP contribution in [-0.4, -0.2) is 0 Å². The largest absolute Gasteiger partial charge is 0.417 e. The molecule has 0 amide bonds. The van der Waals surface area contributed by atoms with Crippen LogP contribution in [0.15, 0.2) is 231 Å². The summed E-state index contributed by atoms with van der Waals surface area (Å²) in [4.78, 5) is 3.38. The van der Waals surface area contributed by atoms with Gasteiger partial charge in [-0.25, -0.2) is 0 Å². The fraction of sp³-hybridized carbons (Fsp3) is 0.0909. The fourth-order valence-corrected chi connectivity index (χ4v) is 9.37. The molecule has 10 rings (SSSR count). The van der Waals surface area contributed by atoms with E-state index in [1.807, 2.05) is 222 Å². The van der Waals surface area contributed by atoms with E-state index in [1.165, 1.54) is 12.1 Å². The smallest absolute Gasteiger partial charge is 0.310 e. The zero-order valence-electron chi connectivity index (χ0n) is 41.1. The molecule has 0 aliphatic carbocycles. The zero-order valence-corrected chi connectivity index (χ0v) is 41.1. The molecule has 0 spiro atoms. The van der Waals surface area contributed by atoms with Gasteiger partial charge in [0.15, 0.2) is 0 Å². The maximum atomic E-state index is 15.6. The quantitative estimate of drug-likeness (QED) is 0.119. The van der Waals surface area contributed by atoms with Crippen molar-refractivity contribution < 1.29 is 26.3 Å². The lowest BCUT2D eigenvalue weighted by Gasteiger charge is -2.29. The van der Waals surface area contributed by atoms with Gasteiger partial charge in [0, 0.05) is 34.1 Å². The van der Waals surface area contributed by atoms with Crippen molar-refractivity contribution in [3.63, 3.8) is 0 Å². The van der Waals surface area contributed by atoms with Crippen molar-refractivity contribution in [2.45, 2.75) is 40.0 Å². The Balaban J connectivity index is 1.08. The maximum absolute atomic E-state index is 15.6. The lowest BCUT2D eigenvalue weighted by atomic mass is 9.93. The molecule has 0 saturated heterocycles. The Labute approximate surface area is 428 Å². The molecule has 0 aliphatic rings. The second-order valence-corrected chi connectivity index (χ2v) is 18.8. The number of benzene rings is 10. The van der Waals surface area contributed by atoms with E-state index in [1.54, 1.807) is 9.80 Å². The zero-order chi connectivity index (χ0) is 51.7. The van der Waals surface area contributed by atoms with Gasteiger partial charge in [-0.1, -0.05) is 180 Å². The summed E-state index contributed by atoms with van der Waals surface area (Å²) >= 11 is 0. The molecule has 0 N–H and O–H groups in total. The molecule has 0 aliphatic heterocycles.